The highest BCUT2D eigenvalue weighted by molar-refractivity contribution is 7.87. The van der Waals surface area contributed by atoms with Crippen LogP contribution in [0.3, 0.4) is 0 Å². The lowest BCUT2D eigenvalue weighted by atomic mass is 10.1. The van der Waals surface area contributed by atoms with Crippen molar-refractivity contribution in [2.24, 2.45) is 0 Å². The second kappa shape index (κ2) is 5.58. The Labute approximate surface area is 122 Å². The number of halogens is 1. The van der Waals surface area contributed by atoms with Crippen molar-refractivity contribution in [3.8, 4) is 5.75 Å². The van der Waals surface area contributed by atoms with Gasteiger partial charge in [-0.15, -0.1) is 0 Å². The zero-order valence-electron chi connectivity index (χ0n) is 11.6. The van der Waals surface area contributed by atoms with Crippen molar-refractivity contribution in [3.05, 3.63) is 29.6 Å². The molecule has 0 saturated carbocycles. The molecule has 7 nitrogen and oxygen atoms in total. The van der Waals surface area contributed by atoms with Crippen molar-refractivity contribution in [3.63, 3.8) is 0 Å². The maximum absolute atomic E-state index is 13.1. The normalized spacial score (nSPS) is 16.1. The van der Waals surface area contributed by atoms with Crippen LogP contribution in [0.5, 0.6) is 5.75 Å². The van der Waals surface area contributed by atoms with E-state index >= 15 is 0 Å². The molecule has 1 aromatic rings. The molecule has 1 heterocycles. The summed E-state index contributed by atoms with van der Waals surface area (Å²) < 4.78 is 39.8. The van der Waals surface area contributed by atoms with Crippen molar-refractivity contribution in [1.29, 1.82) is 0 Å². The summed E-state index contributed by atoms with van der Waals surface area (Å²) in [6.07, 6.45) is 0. The molecule has 1 saturated heterocycles. The third-order valence-corrected chi connectivity index (χ3v) is 4.69. The number of likely N-dealkylation sites (tertiary alicyclic amines) is 1. The number of hydrogen-bond acceptors (Lipinski definition) is 4. The van der Waals surface area contributed by atoms with Gasteiger partial charge in [0.1, 0.15) is 11.6 Å². The molecule has 116 valence electrons. The highest BCUT2D eigenvalue weighted by atomic mass is 32.2. The van der Waals surface area contributed by atoms with E-state index in [1.54, 1.807) is 0 Å². The minimum Gasteiger partial charge on any atom is -0.508 e. The summed E-state index contributed by atoms with van der Waals surface area (Å²) in [6.45, 7) is 0.395. The number of rotatable bonds is 4. The fourth-order valence-corrected chi connectivity index (χ4v) is 2.70. The van der Waals surface area contributed by atoms with Crippen LogP contribution in [0.4, 0.5) is 4.39 Å². The molecule has 0 bridgehead atoms. The van der Waals surface area contributed by atoms with Crippen LogP contribution in [0, 0.1) is 5.82 Å². The smallest absolute Gasteiger partial charge is 0.279 e. The molecule has 2 N–H and O–H groups in total. The average Bonchev–Trinajstić information content (AvgIpc) is 2.31. The van der Waals surface area contributed by atoms with Crippen LogP contribution in [0.15, 0.2) is 18.2 Å². The highest BCUT2D eigenvalue weighted by Gasteiger charge is 2.34. The van der Waals surface area contributed by atoms with Crippen LogP contribution >= 0.6 is 0 Å². The Morgan fingerprint density at radius 3 is 2.52 bits per heavy atom. The molecule has 0 unspecified atom stereocenters. The van der Waals surface area contributed by atoms with Crippen LogP contribution in [0.25, 0.3) is 0 Å². The molecule has 0 aromatic heterocycles. The Bertz CT molecular complexity index is 636. The summed E-state index contributed by atoms with van der Waals surface area (Å²) in [5, 5.41) is 9.27. The molecule has 1 aliphatic rings. The third-order valence-electron chi connectivity index (χ3n) is 3.09. The van der Waals surface area contributed by atoms with Gasteiger partial charge in [-0.05, 0) is 12.1 Å². The number of phenolic OH excluding ortho intramolecular Hbond substituents is 1. The minimum atomic E-state index is -3.54. The van der Waals surface area contributed by atoms with E-state index in [0.29, 0.717) is 0 Å². The maximum Gasteiger partial charge on any atom is 0.279 e. The number of benzene rings is 1. The number of amides is 1. The molecule has 9 heteroatoms. The van der Waals surface area contributed by atoms with Gasteiger partial charge in [0.25, 0.3) is 16.1 Å². The molecule has 0 spiro atoms. The summed E-state index contributed by atoms with van der Waals surface area (Å²) in [6, 6.07) is 2.73. The number of carbonyl (C=O) groups is 1. The van der Waals surface area contributed by atoms with Gasteiger partial charge < -0.3 is 10.0 Å². The SMILES string of the molecule is CN(C)S(=O)(=O)NC1CN(C(=O)c2cc(O)cc(F)c2)C1. The molecule has 1 aromatic carbocycles. The number of carbonyl (C=O) groups excluding carboxylic acids is 1. The maximum atomic E-state index is 13.1. The van der Waals surface area contributed by atoms with E-state index in [1.807, 2.05) is 0 Å². The Balaban J connectivity index is 1.97. The van der Waals surface area contributed by atoms with Crippen LogP contribution in [0.1, 0.15) is 10.4 Å². The molecule has 0 atom stereocenters. The van der Waals surface area contributed by atoms with E-state index in [-0.39, 0.29) is 30.4 Å². The van der Waals surface area contributed by atoms with E-state index in [2.05, 4.69) is 4.72 Å². The first-order valence-electron chi connectivity index (χ1n) is 6.17. The zero-order valence-corrected chi connectivity index (χ0v) is 12.4. The molecular weight excluding hydrogens is 301 g/mol. The number of aromatic hydroxyl groups is 1. The lowest BCUT2D eigenvalue weighted by molar-refractivity contribution is 0.0589. The van der Waals surface area contributed by atoms with E-state index < -0.39 is 21.9 Å². The van der Waals surface area contributed by atoms with Crippen LogP contribution < -0.4 is 4.72 Å². The van der Waals surface area contributed by atoms with Crippen molar-refractivity contribution < 1.29 is 22.7 Å². The van der Waals surface area contributed by atoms with Crippen LogP contribution in [-0.2, 0) is 10.2 Å². The second-order valence-corrected chi connectivity index (χ2v) is 6.93. The number of hydrogen-bond donors (Lipinski definition) is 2. The third kappa shape index (κ3) is 3.49. The number of nitrogens with one attached hydrogen (secondary N) is 1. The van der Waals surface area contributed by atoms with Gasteiger partial charge in [-0.1, -0.05) is 0 Å². The fraction of sp³-hybridized carbons (Fsp3) is 0.417. The Hall–Kier alpha value is -1.71. The quantitative estimate of drug-likeness (QED) is 0.801. The molecule has 21 heavy (non-hydrogen) atoms. The predicted octanol–water partition coefficient (Wildman–Crippen LogP) is -0.248. The fourth-order valence-electron chi connectivity index (χ4n) is 1.92. The van der Waals surface area contributed by atoms with Gasteiger partial charge >= 0.3 is 0 Å². The average molecular weight is 317 g/mol. The van der Waals surface area contributed by atoms with Crippen molar-refractivity contribution >= 4 is 16.1 Å². The molecule has 1 fully saturated rings. The van der Waals surface area contributed by atoms with Gasteiger partial charge in [0, 0.05) is 38.8 Å². The molecule has 0 radical (unpaired) electrons. The first kappa shape index (κ1) is 15.7. The monoisotopic (exact) mass is 317 g/mol. The van der Waals surface area contributed by atoms with Gasteiger partial charge in [0.2, 0.25) is 0 Å². The van der Waals surface area contributed by atoms with Crippen LogP contribution in [0.2, 0.25) is 0 Å². The Morgan fingerprint density at radius 1 is 1.38 bits per heavy atom. The summed E-state index contributed by atoms with van der Waals surface area (Å²) >= 11 is 0. The standard InChI is InChI=1S/C12H16FN3O4S/c1-15(2)21(19,20)14-10-6-16(7-10)12(18)8-3-9(13)5-11(17)4-8/h3-5,10,14,17H,6-7H2,1-2H3. The van der Waals surface area contributed by atoms with Gasteiger partial charge in [0.05, 0.1) is 6.04 Å². The van der Waals surface area contributed by atoms with Crippen molar-refractivity contribution in [2.75, 3.05) is 27.2 Å². The minimum absolute atomic E-state index is 0.0291. The Morgan fingerprint density at radius 2 is 2.00 bits per heavy atom. The van der Waals surface area contributed by atoms with Crippen molar-refractivity contribution in [2.45, 2.75) is 6.04 Å². The molecular formula is C12H16FN3O4S. The highest BCUT2D eigenvalue weighted by Crippen LogP contribution is 2.19. The summed E-state index contributed by atoms with van der Waals surface area (Å²) in [5.74, 6) is -1.49. The molecule has 2 rings (SSSR count). The summed E-state index contributed by atoms with van der Waals surface area (Å²) in [5.41, 5.74) is 0.0291. The first-order chi connectivity index (χ1) is 9.69. The largest absolute Gasteiger partial charge is 0.508 e. The lowest BCUT2D eigenvalue weighted by Crippen LogP contribution is -2.62. The molecule has 0 aliphatic carbocycles. The first-order valence-corrected chi connectivity index (χ1v) is 7.61. The summed E-state index contributed by atoms with van der Waals surface area (Å²) in [4.78, 5) is 13.4. The lowest BCUT2D eigenvalue weighted by Gasteiger charge is -2.39. The van der Waals surface area contributed by atoms with Gasteiger partial charge in [-0.3, -0.25) is 4.79 Å². The number of nitrogens with zero attached hydrogens (tertiary/aromatic N) is 2. The summed E-state index contributed by atoms with van der Waals surface area (Å²) in [7, 11) is -0.736. The molecule has 1 amide bonds. The van der Waals surface area contributed by atoms with Gasteiger partial charge in [0.15, 0.2) is 0 Å². The van der Waals surface area contributed by atoms with Crippen molar-refractivity contribution in [1.82, 2.24) is 13.9 Å². The predicted molar refractivity (Wildman–Crippen MR) is 73.5 cm³/mol. The van der Waals surface area contributed by atoms with Crippen LogP contribution in [-0.4, -0.2) is 61.9 Å². The van der Waals surface area contributed by atoms with E-state index in [9.17, 15) is 22.7 Å². The second-order valence-electron chi connectivity index (χ2n) is 5.01. The number of phenols is 1. The van der Waals surface area contributed by atoms with E-state index in [4.69, 9.17) is 0 Å². The van der Waals surface area contributed by atoms with Gasteiger partial charge in [-0.25, -0.2) is 4.39 Å². The van der Waals surface area contributed by atoms with E-state index in [0.717, 1.165) is 16.4 Å². The zero-order chi connectivity index (χ0) is 15.8. The molecule has 1 aliphatic heterocycles. The Kier molecular flexibility index (Phi) is 4.17. The van der Waals surface area contributed by atoms with Gasteiger partial charge in [-0.2, -0.15) is 17.4 Å². The van der Waals surface area contributed by atoms with E-state index in [1.165, 1.54) is 25.1 Å². The topological polar surface area (TPSA) is 90.0 Å².